The Morgan fingerprint density at radius 1 is 0.882 bits per heavy atom. The molecule has 188 valence electrons. The highest BCUT2D eigenvalue weighted by Crippen LogP contribution is 2.34. The Balaban J connectivity index is 2.51. The lowest BCUT2D eigenvalue weighted by atomic mass is 10.2. The van der Waals surface area contributed by atoms with Crippen LogP contribution in [0.2, 0.25) is 0 Å². The zero-order valence-electron chi connectivity index (χ0n) is 17.4. The monoisotopic (exact) mass is 517 g/mol. The average Bonchev–Trinajstić information content (AvgIpc) is 2.74. The zero-order valence-corrected chi connectivity index (χ0v) is 18.2. The molecule has 0 radical (unpaired) electrons. The van der Waals surface area contributed by atoms with E-state index < -0.39 is 58.0 Å². The molecule has 0 aliphatic carbocycles. The third kappa shape index (κ3) is 7.60. The maximum absolute atomic E-state index is 13.0. The lowest BCUT2D eigenvalue weighted by molar-refractivity contribution is -0.154. The largest absolute Gasteiger partial charge is 0.495 e. The Morgan fingerprint density at radius 3 is 2.03 bits per heavy atom. The molecule has 8 nitrogen and oxygen atoms in total. The lowest BCUT2D eigenvalue weighted by Crippen LogP contribution is -2.22. The van der Waals surface area contributed by atoms with E-state index in [1.807, 2.05) is 4.72 Å². The number of hydrogen-bond donors (Lipinski definition) is 1. The van der Waals surface area contributed by atoms with Crippen LogP contribution in [0.3, 0.4) is 0 Å². The molecule has 0 spiro atoms. The van der Waals surface area contributed by atoms with Gasteiger partial charge in [0, 0.05) is 6.07 Å². The van der Waals surface area contributed by atoms with E-state index in [4.69, 9.17) is 4.74 Å². The van der Waals surface area contributed by atoms with E-state index in [1.165, 1.54) is 19.2 Å². The van der Waals surface area contributed by atoms with Crippen molar-refractivity contribution >= 4 is 21.7 Å². The number of alkyl halides is 6. The van der Waals surface area contributed by atoms with Crippen molar-refractivity contribution in [1.29, 1.82) is 0 Å². The number of hydrogen-bond acceptors (Lipinski definition) is 7. The fourth-order valence-electron chi connectivity index (χ4n) is 2.46. The maximum atomic E-state index is 13.0. The summed E-state index contributed by atoms with van der Waals surface area (Å²) in [4.78, 5) is 10.8. The van der Waals surface area contributed by atoms with Crippen molar-refractivity contribution in [1.82, 2.24) is 0 Å². The first-order valence-electron chi connectivity index (χ1n) is 8.97. The van der Waals surface area contributed by atoms with Crippen molar-refractivity contribution in [3.63, 3.8) is 0 Å². The van der Waals surface area contributed by atoms with Crippen LogP contribution >= 0.6 is 0 Å². The summed E-state index contributed by atoms with van der Waals surface area (Å²) in [5.74, 6) is -2.34. The molecule has 2 aromatic carbocycles. The molecule has 15 heteroatoms. The van der Waals surface area contributed by atoms with Crippen LogP contribution in [0.15, 0.2) is 41.3 Å². The van der Waals surface area contributed by atoms with Gasteiger partial charge in [-0.1, -0.05) is 0 Å². The van der Waals surface area contributed by atoms with Crippen molar-refractivity contribution < 1.29 is 58.5 Å². The van der Waals surface area contributed by atoms with Gasteiger partial charge in [-0.2, -0.15) is 26.3 Å². The smallest absolute Gasteiger partial charge is 0.422 e. The second-order valence-corrected chi connectivity index (χ2v) is 8.08. The third-order valence-electron chi connectivity index (χ3n) is 3.86. The van der Waals surface area contributed by atoms with Crippen LogP contribution in [0, 0.1) is 0 Å². The number of anilines is 1. The number of halogens is 6. The van der Waals surface area contributed by atoms with Crippen molar-refractivity contribution in [2.75, 3.05) is 32.2 Å². The minimum atomic E-state index is -4.84. The van der Waals surface area contributed by atoms with Gasteiger partial charge in [0.2, 0.25) is 0 Å². The molecular formula is C19H17F6NO7S. The van der Waals surface area contributed by atoms with Crippen LogP contribution in [0.4, 0.5) is 32.0 Å². The molecule has 0 unspecified atom stereocenters. The minimum Gasteiger partial charge on any atom is -0.495 e. The summed E-state index contributed by atoms with van der Waals surface area (Å²) >= 11 is 0. The molecule has 0 bridgehead atoms. The second-order valence-electron chi connectivity index (χ2n) is 6.43. The van der Waals surface area contributed by atoms with E-state index in [1.54, 1.807) is 0 Å². The van der Waals surface area contributed by atoms with E-state index in [2.05, 4.69) is 14.2 Å². The molecule has 34 heavy (non-hydrogen) atoms. The number of carbonyl (C=O) groups excluding carboxylic acids is 1. The number of rotatable bonds is 9. The Kier molecular flexibility index (Phi) is 8.13. The van der Waals surface area contributed by atoms with E-state index in [0.29, 0.717) is 12.1 Å². The summed E-state index contributed by atoms with van der Waals surface area (Å²) in [5, 5.41) is 0. The first-order chi connectivity index (χ1) is 15.6. The highest BCUT2D eigenvalue weighted by molar-refractivity contribution is 7.92. The zero-order chi connectivity index (χ0) is 25.7. The van der Waals surface area contributed by atoms with Gasteiger partial charge in [-0.15, -0.1) is 0 Å². The summed E-state index contributed by atoms with van der Waals surface area (Å²) in [7, 11) is -2.55. The molecule has 0 saturated carbocycles. The van der Waals surface area contributed by atoms with Gasteiger partial charge in [-0.05, 0) is 30.3 Å². The topological polar surface area (TPSA) is 100 Å². The van der Waals surface area contributed by atoms with Crippen molar-refractivity contribution in [3.8, 4) is 17.2 Å². The van der Waals surface area contributed by atoms with Gasteiger partial charge in [0.05, 0.1) is 25.5 Å². The predicted molar refractivity (Wildman–Crippen MR) is 105 cm³/mol. The Bertz CT molecular complexity index is 1130. The molecule has 0 amide bonds. The second kappa shape index (κ2) is 10.3. The predicted octanol–water partition coefficient (Wildman–Crippen LogP) is 4.16. The van der Waals surface area contributed by atoms with Crippen LogP contribution in [-0.4, -0.2) is 54.2 Å². The molecule has 0 aliphatic rings. The van der Waals surface area contributed by atoms with Gasteiger partial charge in [-0.25, -0.2) is 13.2 Å². The number of methoxy groups -OCH3 is 2. The summed E-state index contributed by atoms with van der Waals surface area (Å²) in [6, 6.07) is 5.60. The average molecular weight is 517 g/mol. The molecule has 0 saturated heterocycles. The van der Waals surface area contributed by atoms with Crippen molar-refractivity contribution in [2.45, 2.75) is 17.2 Å². The lowest BCUT2D eigenvalue weighted by Gasteiger charge is -2.17. The fourth-order valence-corrected chi connectivity index (χ4v) is 3.69. The Morgan fingerprint density at radius 2 is 1.47 bits per heavy atom. The number of carbonyl (C=O) groups is 1. The summed E-state index contributed by atoms with van der Waals surface area (Å²) in [5.41, 5.74) is -0.411. The Labute approximate surface area is 189 Å². The third-order valence-corrected chi connectivity index (χ3v) is 5.25. The first-order valence-corrected chi connectivity index (χ1v) is 10.5. The number of nitrogens with one attached hydrogen (secondary N) is 1. The van der Waals surface area contributed by atoms with Crippen molar-refractivity contribution in [3.05, 3.63) is 42.0 Å². The van der Waals surface area contributed by atoms with Crippen LogP contribution in [0.25, 0.3) is 0 Å². The van der Waals surface area contributed by atoms with Gasteiger partial charge in [-0.3, -0.25) is 4.72 Å². The number of sulfonamides is 1. The van der Waals surface area contributed by atoms with Crippen molar-refractivity contribution in [2.24, 2.45) is 0 Å². The van der Waals surface area contributed by atoms with Gasteiger partial charge in [0.15, 0.2) is 13.2 Å². The molecule has 0 heterocycles. The summed E-state index contributed by atoms with van der Waals surface area (Å²) in [6.07, 6.45) is -9.59. The molecule has 0 atom stereocenters. The quantitative estimate of drug-likeness (QED) is 0.394. The first kappa shape index (κ1) is 26.9. The summed E-state index contributed by atoms with van der Waals surface area (Å²) in [6.45, 7) is -3.66. The molecule has 0 aliphatic heterocycles. The van der Waals surface area contributed by atoms with E-state index >= 15 is 0 Å². The van der Waals surface area contributed by atoms with Gasteiger partial charge < -0.3 is 18.9 Å². The van der Waals surface area contributed by atoms with Gasteiger partial charge in [0.25, 0.3) is 10.0 Å². The highest BCUT2D eigenvalue weighted by Gasteiger charge is 2.32. The SMILES string of the molecule is COC(=O)c1ccc(OC)c(NS(=O)(=O)c2cc(OCC(F)(F)F)ccc2OCC(F)(F)F)c1. The Hall–Kier alpha value is -3.36. The van der Waals surface area contributed by atoms with Crippen LogP contribution in [0.5, 0.6) is 17.2 Å². The van der Waals surface area contributed by atoms with E-state index in [9.17, 15) is 39.6 Å². The highest BCUT2D eigenvalue weighted by atomic mass is 32.2. The molecule has 0 fully saturated rings. The fraction of sp³-hybridized carbons (Fsp3) is 0.316. The molecule has 2 rings (SSSR count). The molecule has 2 aromatic rings. The van der Waals surface area contributed by atoms with Crippen LogP contribution in [-0.2, 0) is 14.8 Å². The number of esters is 1. The number of benzene rings is 2. The standard InChI is InChI=1S/C19H17F6NO7S/c1-30-14-5-3-11(17(27)31-2)7-13(14)26-34(28,29)16-8-12(32-9-18(20,21)22)4-6-15(16)33-10-19(23,24)25/h3-8,26H,9-10H2,1-2H3. The van der Waals surface area contributed by atoms with Crippen LogP contribution in [0.1, 0.15) is 10.4 Å². The number of ether oxygens (including phenoxy) is 4. The van der Waals surface area contributed by atoms with E-state index in [0.717, 1.165) is 19.2 Å². The van der Waals surface area contributed by atoms with Gasteiger partial charge in [0.1, 0.15) is 22.1 Å². The normalized spacial score (nSPS) is 12.1. The van der Waals surface area contributed by atoms with Gasteiger partial charge >= 0.3 is 18.3 Å². The maximum Gasteiger partial charge on any atom is 0.422 e. The summed E-state index contributed by atoms with van der Waals surface area (Å²) < 4.78 is 122. The molecular weight excluding hydrogens is 500 g/mol. The molecule has 0 aromatic heterocycles. The van der Waals surface area contributed by atoms with E-state index in [-0.39, 0.29) is 17.0 Å². The minimum absolute atomic E-state index is 0.0848. The van der Waals surface area contributed by atoms with Crippen LogP contribution < -0.4 is 18.9 Å². The molecule has 1 N–H and O–H groups in total.